The number of halogens is 1. The molecule has 2 aromatic rings. The summed E-state index contributed by atoms with van der Waals surface area (Å²) in [7, 11) is 3.19. The summed E-state index contributed by atoms with van der Waals surface area (Å²) in [6.07, 6.45) is 0. The molecule has 0 saturated heterocycles. The van der Waals surface area contributed by atoms with Crippen molar-refractivity contribution in [3.8, 4) is 5.75 Å². The SMILES string of the molecule is CNC(=O)c1ccc(Nc2cc(Br)cc(OC)c2)c(N)c1. The molecule has 0 radical (unpaired) electrons. The third kappa shape index (κ3) is 3.66. The van der Waals surface area contributed by atoms with Crippen molar-refractivity contribution in [2.75, 3.05) is 25.2 Å². The zero-order valence-corrected chi connectivity index (χ0v) is 13.3. The lowest BCUT2D eigenvalue weighted by Crippen LogP contribution is -2.17. The number of nitrogens with one attached hydrogen (secondary N) is 2. The molecule has 0 spiro atoms. The van der Waals surface area contributed by atoms with Crippen LogP contribution >= 0.6 is 15.9 Å². The van der Waals surface area contributed by atoms with Gasteiger partial charge in [-0.05, 0) is 30.3 Å². The van der Waals surface area contributed by atoms with Gasteiger partial charge in [-0.1, -0.05) is 15.9 Å². The Morgan fingerprint density at radius 3 is 2.62 bits per heavy atom. The van der Waals surface area contributed by atoms with Gasteiger partial charge in [0.05, 0.1) is 18.5 Å². The number of rotatable bonds is 4. The molecule has 0 bridgehead atoms. The first-order valence-electron chi connectivity index (χ1n) is 6.26. The van der Waals surface area contributed by atoms with E-state index in [2.05, 4.69) is 26.6 Å². The molecule has 0 heterocycles. The van der Waals surface area contributed by atoms with Crippen molar-refractivity contribution in [3.05, 3.63) is 46.4 Å². The van der Waals surface area contributed by atoms with Crippen LogP contribution in [0.1, 0.15) is 10.4 Å². The third-order valence-electron chi connectivity index (χ3n) is 2.93. The van der Waals surface area contributed by atoms with Crippen molar-refractivity contribution in [2.24, 2.45) is 0 Å². The summed E-state index contributed by atoms with van der Waals surface area (Å²) in [4.78, 5) is 11.6. The number of carbonyl (C=O) groups is 1. The molecule has 0 aromatic heterocycles. The number of ether oxygens (including phenoxy) is 1. The molecular formula is C15H16BrN3O2. The number of anilines is 3. The molecule has 2 rings (SSSR count). The van der Waals surface area contributed by atoms with E-state index in [0.717, 1.165) is 21.6 Å². The Morgan fingerprint density at radius 1 is 1.24 bits per heavy atom. The van der Waals surface area contributed by atoms with Crippen LogP contribution in [0.25, 0.3) is 0 Å². The van der Waals surface area contributed by atoms with Gasteiger partial charge in [0.1, 0.15) is 5.75 Å². The quantitative estimate of drug-likeness (QED) is 0.741. The van der Waals surface area contributed by atoms with Gasteiger partial charge >= 0.3 is 0 Å². The summed E-state index contributed by atoms with van der Waals surface area (Å²) in [5.41, 5.74) is 8.56. The van der Waals surface area contributed by atoms with Gasteiger partial charge in [-0.2, -0.15) is 0 Å². The molecule has 6 heteroatoms. The fourth-order valence-corrected chi connectivity index (χ4v) is 2.34. The Kier molecular flexibility index (Phi) is 4.70. The molecule has 0 atom stereocenters. The Labute approximate surface area is 131 Å². The van der Waals surface area contributed by atoms with Crippen molar-refractivity contribution >= 4 is 38.9 Å². The number of carbonyl (C=O) groups excluding carboxylic acids is 1. The fourth-order valence-electron chi connectivity index (χ4n) is 1.87. The monoisotopic (exact) mass is 349 g/mol. The molecule has 0 aliphatic carbocycles. The lowest BCUT2D eigenvalue weighted by Gasteiger charge is -2.12. The Balaban J connectivity index is 2.27. The van der Waals surface area contributed by atoms with Crippen LogP contribution in [0, 0.1) is 0 Å². The van der Waals surface area contributed by atoms with E-state index in [1.807, 2.05) is 18.2 Å². The summed E-state index contributed by atoms with van der Waals surface area (Å²) in [6, 6.07) is 10.8. The maximum atomic E-state index is 11.6. The van der Waals surface area contributed by atoms with Crippen LogP contribution in [-0.4, -0.2) is 20.1 Å². The number of methoxy groups -OCH3 is 1. The molecular weight excluding hydrogens is 334 g/mol. The maximum Gasteiger partial charge on any atom is 0.251 e. The molecule has 0 fully saturated rings. The molecule has 0 saturated carbocycles. The topological polar surface area (TPSA) is 76.4 Å². The fraction of sp³-hybridized carbons (Fsp3) is 0.133. The van der Waals surface area contributed by atoms with Crippen LogP contribution in [0.3, 0.4) is 0 Å². The second-order valence-corrected chi connectivity index (χ2v) is 5.30. The smallest absolute Gasteiger partial charge is 0.251 e. The highest BCUT2D eigenvalue weighted by molar-refractivity contribution is 9.10. The van der Waals surface area contributed by atoms with Crippen molar-refractivity contribution in [1.29, 1.82) is 0 Å². The van der Waals surface area contributed by atoms with Crippen molar-refractivity contribution in [3.63, 3.8) is 0 Å². The number of hydrogen-bond donors (Lipinski definition) is 3. The van der Waals surface area contributed by atoms with Crippen molar-refractivity contribution < 1.29 is 9.53 Å². The van der Waals surface area contributed by atoms with Gasteiger partial charge in [0, 0.05) is 28.8 Å². The molecule has 2 aromatic carbocycles. The lowest BCUT2D eigenvalue weighted by atomic mass is 10.1. The van der Waals surface area contributed by atoms with E-state index in [4.69, 9.17) is 10.5 Å². The van der Waals surface area contributed by atoms with E-state index < -0.39 is 0 Å². The standard InChI is InChI=1S/C15H16BrN3O2/c1-18-15(20)9-3-4-14(13(17)5-9)19-11-6-10(16)7-12(8-11)21-2/h3-8,19H,17H2,1-2H3,(H,18,20). The highest BCUT2D eigenvalue weighted by Gasteiger charge is 2.07. The predicted octanol–water partition coefficient (Wildman–Crippen LogP) is 3.14. The van der Waals surface area contributed by atoms with Crippen LogP contribution in [0.2, 0.25) is 0 Å². The van der Waals surface area contributed by atoms with Gasteiger partial charge in [-0.3, -0.25) is 4.79 Å². The average Bonchev–Trinajstić information content (AvgIpc) is 2.47. The number of amides is 1. The first kappa shape index (κ1) is 15.2. The minimum absolute atomic E-state index is 0.169. The number of benzene rings is 2. The highest BCUT2D eigenvalue weighted by atomic mass is 79.9. The lowest BCUT2D eigenvalue weighted by molar-refractivity contribution is 0.0963. The van der Waals surface area contributed by atoms with Crippen LogP contribution < -0.4 is 21.1 Å². The van der Waals surface area contributed by atoms with Gasteiger partial charge in [0.25, 0.3) is 5.91 Å². The molecule has 110 valence electrons. The van der Waals surface area contributed by atoms with Crippen LogP contribution in [0.15, 0.2) is 40.9 Å². The van der Waals surface area contributed by atoms with E-state index in [0.29, 0.717) is 11.3 Å². The second-order valence-electron chi connectivity index (χ2n) is 4.39. The zero-order chi connectivity index (χ0) is 15.4. The van der Waals surface area contributed by atoms with Crippen LogP contribution in [0.5, 0.6) is 5.75 Å². The Hall–Kier alpha value is -2.21. The Bertz CT molecular complexity index is 674. The van der Waals surface area contributed by atoms with Crippen LogP contribution in [-0.2, 0) is 0 Å². The van der Waals surface area contributed by atoms with Crippen molar-refractivity contribution in [2.45, 2.75) is 0 Å². The first-order valence-corrected chi connectivity index (χ1v) is 7.06. The number of nitrogen functional groups attached to an aromatic ring is 1. The zero-order valence-electron chi connectivity index (χ0n) is 11.7. The van der Waals surface area contributed by atoms with Gasteiger partial charge in [-0.15, -0.1) is 0 Å². The van der Waals surface area contributed by atoms with E-state index in [1.54, 1.807) is 32.4 Å². The van der Waals surface area contributed by atoms with Gasteiger partial charge in [0.15, 0.2) is 0 Å². The molecule has 21 heavy (non-hydrogen) atoms. The maximum absolute atomic E-state index is 11.6. The summed E-state index contributed by atoms with van der Waals surface area (Å²) < 4.78 is 6.11. The normalized spacial score (nSPS) is 10.0. The van der Waals surface area contributed by atoms with E-state index in [9.17, 15) is 4.79 Å². The largest absolute Gasteiger partial charge is 0.497 e. The molecule has 4 N–H and O–H groups in total. The number of nitrogens with two attached hydrogens (primary N) is 1. The molecule has 1 amide bonds. The molecule has 5 nitrogen and oxygen atoms in total. The number of hydrogen-bond acceptors (Lipinski definition) is 4. The van der Waals surface area contributed by atoms with Gasteiger partial charge in [-0.25, -0.2) is 0 Å². The molecule has 0 unspecified atom stereocenters. The predicted molar refractivity (Wildman–Crippen MR) is 88.2 cm³/mol. The summed E-state index contributed by atoms with van der Waals surface area (Å²) >= 11 is 3.42. The van der Waals surface area contributed by atoms with Gasteiger partial charge in [0.2, 0.25) is 0 Å². The first-order chi connectivity index (χ1) is 10.0. The molecule has 0 aliphatic rings. The van der Waals surface area contributed by atoms with Crippen molar-refractivity contribution in [1.82, 2.24) is 5.32 Å². The van der Waals surface area contributed by atoms with E-state index in [1.165, 1.54) is 0 Å². The average molecular weight is 350 g/mol. The Morgan fingerprint density at radius 2 is 2.00 bits per heavy atom. The minimum Gasteiger partial charge on any atom is -0.497 e. The van der Waals surface area contributed by atoms with E-state index in [-0.39, 0.29) is 5.91 Å². The van der Waals surface area contributed by atoms with Crippen LogP contribution in [0.4, 0.5) is 17.1 Å². The minimum atomic E-state index is -0.169. The second kappa shape index (κ2) is 6.49. The summed E-state index contributed by atoms with van der Waals surface area (Å²) in [6.45, 7) is 0. The molecule has 0 aliphatic heterocycles. The highest BCUT2D eigenvalue weighted by Crippen LogP contribution is 2.29. The third-order valence-corrected chi connectivity index (χ3v) is 3.38. The summed E-state index contributed by atoms with van der Waals surface area (Å²) in [5.74, 6) is 0.560. The van der Waals surface area contributed by atoms with E-state index >= 15 is 0 Å². The summed E-state index contributed by atoms with van der Waals surface area (Å²) in [5, 5.41) is 5.77. The van der Waals surface area contributed by atoms with Gasteiger partial charge < -0.3 is 21.1 Å².